The van der Waals surface area contributed by atoms with E-state index in [4.69, 9.17) is 44.1 Å². The second-order valence-corrected chi connectivity index (χ2v) is 4.64. The van der Waals surface area contributed by atoms with Gasteiger partial charge < -0.3 is 20.9 Å². The van der Waals surface area contributed by atoms with Gasteiger partial charge in [0.25, 0.3) is 0 Å². The molecule has 2 rings (SSSR count). The Kier molecular flexibility index (Phi) is 4.70. The maximum absolute atomic E-state index is 5.79. The number of aromatic nitrogens is 2. The Morgan fingerprint density at radius 3 is 1.65 bits per heavy atom. The first-order chi connectivity index (χ1) is 9.56. The highest BCUT2D eigenvalue weighted by Gasteiger charge is 2.05. The standard InChI is InChI=1S/C12H12Cl2N4O2/c13-7-3-9(11(15)17-5-7)19-1-2-20-10-4-8(14)6-18-12(10)16/h3-6H,1-2H2,(H2,15,17)(H2,16,18). The van der Waals surface area contributed by atoms with Crippen molar-refractivity contribution in [2.24, 2.45) is 0 Å². The van der Waals surface area contributed by atoms with Crippen LogP contribution in [0.25, 0.3) is 0 Å². The minimum atomic E-state index is 0.248. The number of halogens is 2. The van der Waals surface area contributed by atoms with Crippen molar-refractivity contribution < 1.29 is 9.47 Å². The number of nitrogen functional groups attached to an aromatic ring is 2. The fourth-order valence-electron chi connectivity index (χ4n) is 1.40. The Hall–Kier alpha value is -1.92. The second-order valence-electron chi connectivity index (χ2n) is 3.77. The molecule has 2 aromatic rings. The van der Waals surface area contributed by atoms with Crippen molar-refractivity contribution in [2.75, 3.05) is 24.7 Å². The van der Waals surface area contributed by atoms with Gasteiger partial charge in [-0.05, 0) is 0 Å². The third-order valence-corrected chi connectivity index (χ3v) is 2.71. The number of anilines is 2. The van der Waals surface area contributed by atoms with Gasteiger partial charge in [0.2, 0.25) is 0 Å². The van der Waals surface area contributed by atoms with Crippen LogP contribution < -0.4 is 20.9 Å². The predicted octanol–water partition coefficient (Wildman–Crippen LogP) is 2.41. The third-order valence-electron chi connectivity index (χ3n) is 2.30. The van der Waals surface area contributed by atoms with Gasteiger partial charge >= 0.3 is 0 Å². The molecule has 6 nitrogen and oxygen atoms in total. The minimum Gasteiger partial charge on any atom is -0.486 e. The lowest BCUT2D eigenvalue weighted by Crippen LogP contribution is -2.11. The molecule has 0 atom stereocenters. The van der Waals surface area contributed by atoms with Crippen LogP contribution in [0.3, 0.4) is 0 Å². The quantitative estimate of drug-likeness (QED) is 0.823. The van der Waals surface area contributed by atoms with Crippen molar-refractivity contribution in [1.29, 1.82) is 0 Å². The molecule has 0 bridgehead atoms. The molecule has 2 aromatic heterocycles. The number of pyridine rings is 2. The number of rotatable bonds is 5. The maximum Gasteiger partial charge on any atom is 0.166 e. The van der Waals surface area contributed by atoms with Gasteiger partial charge in [-0.1, -0.05) is 23.2 Å². The molecule has 106 valence electrons. The van der Waals surface area contributed by atoms with Gasteiger partial charge in [-0.25, -0.2) is 9.97 Å². The van der Waals surface area contributed by atoms with E-state index in [9.17, 15) is 0 Å². The normalized spacial score (nSPS) is 10.3. The Morgan fingerprint density at radius 2 is 1.25 bits per heavy atom. The molecule has 0 saturated carbocycles. The van der Waals surface area contributed by atoms with E-state index >= 15 is 0 Å². The fraction of sp³-hybridized carbons (Fsp3) is 0.167. The Bertz CT molecular complexity index is 557. The highest BCUT2D eigenvalue weighted by molar-refractivity contribution is 6.30. The molecule has 0 radical (unpaired) electrons. The van der Waals surface area contributed by atoms with E-state index in [1.807, 2.05) is 0 Å². The van der Waals surface area contributed by atoms with E-state index in [-0.39, 0.29) is 24.8 Å². The topological polar surface area (TPSA) is 96.3 Å². The lowest BCUT2D eigenvalue weighted by molar-refractivity contribution is 0.218. The molecule has 20 heavy (non-hydrogen) atoms. The summed E-state index contributed by atoms with van der Waals surface area (Å²) in [6.07, 6.45) is 2.89. The number of hydrogen-bond acceptors (Lipinski definition) is 6. The van der Waals surface area contributed by atoms with Crippen molar-refractivity contribution in [3.63, 3.8) is 0 Å². The van der Waals surface area contributed by atoms with Gasteiger partial charge in [0.05, 0.1) is 10.0 Å². The minimum absolute atomic E-state index is 0.248. The maximum atomic E-state index is 5.79. The smallest absolute Gasteiger partial charge is 0.166 e. The van der Waals surface area contributed by atoms with Crippen molar-refractivity contribution in [3.05, 3.63) is 34.6 Å². The second kappa shape index (κ2) is 6.49. The van der Waals surface area contributed by atoms with Gasteiger partial charge in [0.15, 0.2) is 23.1 Å². The first kappa shape index (κ1) is 14.5. The van der Waals surface area contributed by atoms with Crippen molar-refractivity contribution >= 4 is 34.8 Å². The van der Waals surface area contributed by atoms with Crippen LogP contribution >= 0.6 is 23.2 Å². The summed E-state index contributed by atoms with van der Waals surface area (Å²) < 4.78 is 10.8. The summed E-state index contributed by atoms with van der Waals surface area (Å²) in [7, 11) is 0. The molecule has 0 amide bonds. The van der Waals surface area contributed by atoms with E-state index < -0.39 is 0 Å². The lowest BCUT2D eigenvalue weighted by atomic mass is 10.4. The van der Waals surface area contributed by atoms with Crippen LogP contribution in [0.2, 0.25) is 10.0 Å². The van der Waals surface area contributed by atoms with Crippen molar-refractivity contribution in [3.8, 4) is 11.5 Å². The molecule has 0 aliphatic carbocycles. The molecule has 0 aliphatic rings. The highest BCUT2D eigenvalue weighted by atomic mass is 35.5. The van der Waals surface area contributed by atoms with E-state index in [1.165, 1.54) is 12.4 Å². The van der Waals surface area contributed by atoms with Crippen LogP contribution in [-0.4, -0.2) is 23.2 Å². The summed E-state index contributed by atoms with van der Waals surface area (Å²) in [4.78, 5) is 7.75. The van der Waals surface area contributed by atoms with E-state index in [2.05, 4.69) is 9.97 Å². The predicted molar refractivity (Wildman–Crippen MR) is 78.3 cm³/mol. The molecule has 0 unspecified atom stereocenters. The van der Waals surface area contributed by atoms with Crippen LogP contribution in [0, 0.1) is 0 Å². The summed E-state index contributed by atoms with van der Waals surface area (Å²) in [5.41, 5.74) is 11.3. The van der Waals surface area contributed by atoms with E-state index in [1.54, 1.807) is 12.1 Å². The van der Waals surface area contributed by atoms with Gasteiger partial charge in [0.1, 0.15) is 13.2 Å². The first-order valence-corrected chi connectivity index (χ1v) is 6.39. The zero-order valence-corrected chi connectivity index (χ0v) is 11.9. The first-order valence-electron chi connectivity index (χ1n) is 5.64. The van der Waals surface area contributed by atoms with Gasteiger partial charge in [-0.2, -0.15) is 0 Å². The number of hydrogen-bond donors (Lipinski definition) is 2. The summed E-state index contributed by atoms with van der Waals surface area (Å²) in [5.74, 6) is 1.33. The number of nitrogens with zero attached hydrogens (tertiary/aromatic N) is 2. The van der Waals surface area contributed by atoms with Crippen molar-refractivity contribution in [2.45, 2.75) is 0 Å². The van der Waals surface area contributed by atoms with Gasteiger partial charge in [0, 0.05) is 24.5 Å². The van der Waals surface area contributed by atoms with Crippen molar-refractivity contribution in [1.82, 2.24) is 9.97 Å². The van der Waals surface area contributed by atoms with Gasteiger partial charge in [-0.3, -0.25) is 0 Å². The van der Waals surface area contributed by atoms with E-state index in [0.717, 1.165) is 0 Å². The molecular weight excluding hydrogens is 303 g/mol. The number of nitrogens with two attached hydrogens (primary N) is 2. The summed E-state index contributed by atoms with van der Waals surface area (Å²) >= 11 is 11.6. The summed E-state index contributed by atoms with van der Waals surface area (Å²) in [6, 6.07) is 3.17. The van der Waals surface area contributed by atoms with Crippen LogP contribution in [0.15, 0.2) is 24.5 Å². The molecule has 2 heterocycles. The zero-order valence-electron chi connectivity index (χ0n) is 10.3. The molecule has 0 spiro atoms. The molecule has 4 N–H and O–H groups in total. The molecule has 0 aromatic carbocycles. The Morgan fingerprint density at radius 1 is 0.850 bits per heavy atom. The monoisotopic (exact) mass is 314 g/mol. The molecule has 0 aliphatic heterocycles. The van der Waals surface area contributed by atoms with Crippen LogP contribution in [0.5, 0.6) is 11.5 Å². The lowest BCUT2D eigenvalue weighted by Gasteiger charge is -2.10. The zero-order chi connectivity index (χ0) is 14.5. The average molecular weight is 315 g/mol. The molecule has 8 heteroatoms. The van der Waals surface area contributed by atoms with E-state index in [0.29, 0.717) is 21.5 Å². The summed E-state index contributed by atoms with van der Waals surface area (Å²) in [6.45, 7) is 0.496. The highest BCUT2D eigenvalue weighted by Crippen LogP contribution is 2.24. The Balaban J connectivity index is 1.87. The summed E-state index contributed by atoms with van der Waals surface area (Å²) in [5, 5.41) is 0.886. The van der Waals surface area contributed by atoms with Crippen LogP contribution in [0.4, 0.5) is 11.6 Å². The van der Waals surface area contributed by atoms with Gasteiger partial charge in [-0.15, -0.1) is 0 Å². The number of ether oxygens (including phenoxy) is 2. The largest absolute Gasteiger partial charge is 0.486 e. The third kappa shape index (κ3) is 3.79. The average Bonchev–Trinajstić information content (AvgIpc) is 2.42. The molecular formula is C12H12Cl2N4O2. The fourth-order valence-corrected chi connectivity index (χ4v) is 1.69. The molecule has 0 fully saturated rings. The van der Waals surface area contributed by atoms with Crippen LogP contribution in [-0.2, 0) is 0 Å². The Labute approximate surface area is 125 Å². The SMILES string of the molecule is Nc1ncc(Cl)cc1OCCOc1cc(Cl)cnc1N. The molecule has 0 saturated heterocycles. The van der Waals surface area contributed by atoms with Crippen LogP contribution in [0.1, 0.15) is 0 Å².